The summed E-state index contributed by atoms with van der Waals surface area (Å²) >= 11 is 3.11. The van der Waals surface area contributed by atoms with Crippen LogP contribution in [-0.2, 0) is 5.54 Å². The Balaban J connectivity index is 2.38. The molecule has 0 aliphatic rings. The van der Waals surface area contributed by atoms with Gasteiger partial charge in [0.1, 0.15) is 5.82 Å². The third kappa shape index (κ3) is 2.44. The molecule has 6 heteroatoms. The van der Waals surface area contributed by atoms with Gasteiger partial charge in [-0.05, 0) is 47.5 Å². The molecule has 2 aromatic rings. The first kappa shape index (κ1) is 13.2. The lowest BCUT2D eigenvalue weighted by molar-refractivity contribution is 0.379. The van der Waals surface area contributed by atoms with E-state index in [0.29, 0.717) is 28.2 Å². The van der Waals surface area contributed by atoms with Crippen molar-refractivity contribution in [1.29, 1.82) is 0 Å². The maximum Gasteiger partial charge on any atom is 0.258 e. The van der Waals surface area contributed by atoms with Crippen molar-refractivity contribution in [3.8, 4) is 11.5 Å². The van der Waals surface area contributed by atoms with E-state index in [2.05, 4.69) is 26.1 Å². The monoisotopic (exact) mass is 313 g/mol. The summed E-state index contributed by atoms with van der Waals surface area (Å²) in [5.74, 6) is 0.437. The van der Waals surface area contributed by atoms with Crippen LogP contribution in [-0.4, -0.2) is 10.1 Å². The first-order valence-corrected chi connectivity index (χ1v) is 6.32. The largest absolute Gasteiger partial charge is 0.334 e. The maximum absolute atomic E-state index is 13.1. The van der Waals surface area contributed by atoms with Crippen molar-refractivity contribution in [2.75, 3.05) is 0 Å². The fourth-order valence-electron chi connectivity index (χ4n) is 1.36. The second-order valence-electron chi connectivity index (χ2n) is 4.32. The van der Waals surface area contributed by atoms with Crippen LogP contribution < -0.4 is 5.73 Å². The highest BCUT2D eigenvalue weighted by Gasteiger charge is 2.25. The molecule has 0 spiro atoms. The minimum atomic E-state index is -0.626. The van der Waals surface area contributed by atoms with E-state index in [4.69, 9.17) is 10.3 Å². The fraction of sp³-hybridized carbons (Fsp3) is 0.333. The Bertz CT molecular complexity index is 568. The zero-order chi connectivity index (χ0) is 13.3. The van der Waals surface area contributed by atoms with E-state index in [1.54, 1.807) is 12.1 Å². The van der Waals surface area contributed by atoms with Crippen LogP contribution in [0, 0.1) is 5.82 Å². The molecule has 1 aromatic carbocycles. The minimum absolute atomic E-state index is 0.329. The summed E-state index contributed by atoms with van der Waals surface area (Å²) in [5, 5.41) is 3.87. The quantitative estimate of drug-likeness (QED) is 0.944. The van der Waals surface area contributed by atoms with E-state index in [1.807, 2.05) is 13.8 Å². The molecule has 4 nitrogen and oxygen atoms in total. The van der Waals surface area contributed by atoms with Gasteiger partial charge >= 0.3 is 0 Å². The number of halogens is 2. The van der Waals surface area contributed by atoms with Crippen LogP contribution in [0.5, 0.6) is 0 Å². The molecule has 1 aromatic heterocycles. The Morgan fingerprint density at radius 2 is 2.22 bits per heavy atom. The van der Waals surface area contributed by atoms with Gasteiger partial charge in [-0.1, -0.05) is 12.1 Å². The van der Waals surface area contributed by atoms with Crippen LogP contribution in [0.2, 0.25) is 0 Å². The number of aromatic nitrogens is 2. The normalized spacial score (nSPS) is 14.5. The van der Waals surface area contributed by atoms with Gasteiger partial charge in [-0.2, -0.15) is 4.98 Å². The molecular weight excluding hydrogens is 301 g/mol. The molecule has 2 rings (SSSR count). The molecule has 0 amide bonds. The van der Waals surface area contributed by atoms with Gasteiger partial charge in [-0.25, -0.2) is 4.39 Å². The summed E-state index contributed by atoms with van der Waals surface area (Å²) in [5.41, 5.74) is 6.05. The van der Waals surface area contributed by atoms with Gasteiger partial charge in [0.2, 0.25) is 0 Å². The average molecular weight is 314 g/mol. The molecule has 0 saturated carbocycles. The van der Waals surface area contributed by atoms with Crippen molar-refractivity contribution in [2.45, 2.75) is 25.8 Å². The fourth-order valence-corrected chi connectivity index (χ4v) is 1.74. The van der Waals surface area contributed by atoms with Crippen LogP contribution in [0.25, 0.3) is 11.5 Å². The van der Waals surface area contributed by atoms with Crippen LogP contribution in [0.15, 0.2) is 27.2 Å². The molecule has 1 unspecified atom stereocenters. The first-order chi connectivity index (χ1) is 8.44. The zero-order valence-electron chi connectivity index (χ0n) is 10.1. The van der Waals surface area contributed by atoms with Crippen LogP contribution in [0.1, 0.15) is 26.1 Å². The highest BCUT2D eigenvalue weighted by atomic mass is 79.9. The molecule has 1 atom stereocenters. The third-order valence-corrected chi connectivity index (χ3v) is 3.45. The van der Waals surface area contributed by atoms with E-state index in [1.165, 1.54) is 6.07 Å². The number of nitrogens with zero attached hydrogens (tertiary/aromatic N) is 2. The number of hydrogen-bond acceptors (Lipinski definition) is 4. The Morgan fingerprint density at radius 1 is 1.50 bits per heavy atom. The summed E-state index contributed by atoms with van der Waals surface area (Å²) in [6.07, 6.45) is 0.694. The zero-order valence-corrected chi connectivity index (χ0v) is 11.7. The topological polar surface area (TPSA) is 64.9 Å². The van der Waals surface area contributed by atoms with Gasteiger partial charge in [0, 0.05) is 5.56 Å². The third-order valence-electron chi connectivity index (χ3n) is 2.84. The number of hydrogen-bond donors (Lipinski definition) is 1. The van der Waals surface area contributed by atoms with E-state index in [0.717, 1.165) is 0 Å². The lowest BCUT2D eigenvalue weighted by Gasteiger charge is -2.16. The molecule has 0 aliphatic carbocycles. The number of benzene rings is 1. The molecule has 2 N–H and O–H groups in total. The molecule has 0 saturated heterocycles. The van der Waals surface area contributed by atoms with Gasteiger partial charge in [-0.3, -0.25) is 0 Å². The Labute approximate surface area is 113 Å². The van der Waals surface area contributed by atoms with E-state index < -0.39 is 5.54 Å². The van der Waals surface area contributed by atoms with Crippen molar-refractivity contribution in [3.63, 3.8) is 0 Å². The molecule has 96 valence electrons. The van der Waals surface area contributed by atoms with E-state index in [9.17, 15) is 4.39 Å². The van der Waals surface area contributed by atoms with Crippen LogP contribution >= 0.6 is 15.9 Å². The lowest BCUT2D eigenvalue weighted by atomic mass is 10.00. The number of rotatable bonds is 3. The molecule has 0 bridgehead atoms. The van der Waals surface area contributed by atoms with E-state index in [-0.39, 0.29) is 5.82 Å². The van der Waals surface area contributed by atoms with Crippen molar-refractivity contribution >= 4 is 15.9 Å². The summed E-state index contributed by atoms with van der Waals surface area (Å²) in [4.78, 5) is 4.25. The second kappa shape index (κ2) is 4.78. The predicted octanol–water partition coefficient (Wildman–Crippen LogP) is 3.22. The van der Waals surface area contributed by atoms with Gasteiger partial charge in [0.15, 0.2) is 5.82 Å². The summed E-state index contributed by atoms with van der Waals surface area (Å²) in [6, 6.07) is 4.51. The van der Waals surface area contributed by atoms with Crippen molar-refractivity contribution in [1.82, 2.24) is 10.1 Å². The lowest BCUT2D eigenvalue weighted by Crippen LogP contribution is -2.33. The molecule has 1 heterocycles. The summed E-state index contributed by atoms with van der Waals surface area (Å²) in [7, 11) is 0. The first-order valence-electron chi connectivity index (χ1n) is 5.52. The van der Waals surface area contributed by atoms with Gasteiger partial charge in [0.05, 0.1) is 10.0 Å². The smallest absolute Gasteiger partial charge is 0.258 e. The van der Waals surface area contributed by atoms with Crippen LogP contribution in [0.3, 0.4) is 0 Å². The molecular formula is C12H13BrFN3O. The van der Waals surface area contributed by atoms with Gasteiger partial charge in [-0.15, -0.1) is 0 Å². The average Bonchev–Trinajstić information content (AvgIpc) is 2.83. The minimum Gasteiger partial charge on any atom is -0.334 e. The number of nitrogens with two attached hydrogens (primary N) is 1. The Morgan fingerprint density at radius 3 is 2.83 bits per heavy atom. The van der Waals surface area contributed by atoms with E-state index >= 15 is 0 Å². The van der Waals surface area contributed by atoms with Crippen molar-refractivity contribution < 1.29 is 8.91 Å². The Kier molecular flexibility index (Phi) is 3.49. The molecule has 0 aliphatic heterocycles. The van der Waals surface area contributed by atoms with Crippen LogP contribution in [0.4, 0.5) is 4.39 Å². The molecule has 0 fully saturated rings. The maximum atomic E-state index is 13.1. The summed E-state index contributed by atoms with van der Waals surface area (Å²) < 4.78 is 18.6. The Hall–Kier alpha value is -1.27. The molecule has 0 radical (unpaired) electrons. The van der Waals surface area contributed by atoms with Gasteiger partial charge in [0.25, 0.3) is 5.89 Å². The van der Waals surface area contributed by atoms with Gasteiger partial charge < -0.3 is 10.3 Å². The standard InChI is InChI=1S/C12H13BrFN3O/c1-3-12(2,15)11-16-10(18-17-11)7-4-5-9(14)8(13)6-7/h4-6H,3,15H2,1-2H3. The second-order valence-corrected chi connectivity index (χ2v) is 5.18. The highest BCUT2D eigenvalue weighted by molar-refractivity contribution is 9.10. The predicted molar refractivity (Wildman–Crippen MR) is 69.2 cm³/mol. The van der Waals surface area contributed by atoms with Crippen molar-refractivity contribution in [3.05, 3.63) is 34.3 Å². The van der Waals surface area contributed by atoms with Crippen molar-refractivity contribution in [2.24, 2.45) is 5.73 Å². The SMILES string of the molecule is CCC(C)(N)c1noc(-c2ccc(F)c(Br)c2)n1. The molecule has 18 heavy (non-hydrogen) atoms. The highest BCUT2D eigenvalue weighted by Crippen LogP contribution is 2.26. The summed E-state index contributed by atoms with van der Waals surface area (Å²) in [6.45, 7) is 3.78.